The first-order valence-corrected chi connectivity index (χ1v) is 13.5. The summed E-state index contributed by atoms with van der Waals surface area (Å²) in [6.07, 6.45) is 0. The van der Waals surface area contributed by atoms with Crippen molar-refractivity contribution < 1.29 is 61.8 Å². The molecular formula is C20H15Br2N2NaO8S2. The number of rotatable bonds is 3. The summed E-state index contributed by atoms with van der Waals surface area (Å²) in [4.78, 5) is 9.57. The molecular weight excluding hydrogens is 643 g/mol. The van der Waals surface area contributed by atoms with E-state index in [1.165, 1.54) is 30.3 Å². The van der Waals surface area contributed by atoms with E-state index >= 15 is 0 Å². The molecule has 0 amide bonds. The van der Waals surface area contributed by atoms with Crippen molar-refractivity contribution in [3.8, 4) is 0 Å². The van der Waals surface area contributed by atoms with Gasteiger partial charge in [-0.25, -0.2) is 0 Å². The number of nitro benzene ring substituents is 1. The number of anilines is 1. The Morgan fingerprint density at radius 1 is 0.771 bits per heavy atom. The zero-order valence-electron chi connectivity index (χ0n) is 18.7. The third-order valence-electron chi connectivity index (χ3n) is 4.66. The zero-order valence-corrected chi connectivity index (χ0v) is 24.5. The van der Waals surface area contributed by atoms with Gasteiger partial charge in [0.25, 0.3) is 25.9 Å². The Bertz CT molecular complexity index is 1690. The van der Waals surface area contributed by atoms with Crippen LogP contribution < -0.4 is 35.3 Å². The maximum Gasteiger partial charge on any atom is 1.00 e. The zero-order chi connectivity index (χ0) is 25.4. The fourth-order valence-corrected chi connectivity index (χ4v) is 5.63. The van der Waals surface area contributed by atoms with Gasteiger partial charge >= 0.3 is 29.6 Å². The fourth-order valence-electron chi connectivity index (χ4n) is 3.27. The van der Waals surface area contributed by atoms with Crippen LogP contribution in [-0.2, 0) is 20.2 Å². The minimum Gasteiger partial charge on any atom is -1.00 e. The number of non-ortho nitro benzene ring substituents is 1. The van der Waals surface area contributed by atoms with Crippen molar-refractivity contribution in [2.45, 2.75) is 9.79 Å². The Morgan fingerprint density at radius 3 is 1.66 bits per heavy atom. The molecule has 0 aliphatic rings. The van der Waals surface area contributed by atoms with Crippen molar-refractivity contribution >= 4 is 85.0 Å². The van der Waals surface area contributed by atoms with Crippen molar-refractivity contribution in [2.75, 3.05) is 5.73 Å². The van der Waals surface area contributed by atoms with E-state index < -0.39 is 30.1 Å². The van der Waals surface area contributed by atoms with Crippen LogP contribution in [0.4, 0.5) is 11.4 Å². The van der Waals surface area contributed by atoms with Gasteiger partial charge in [-0.1, -0.05) is 56.1 Å². The number of nitro groups is 1. The normalized spacial score (nSPS) is 11.4. The second-order valence-electron chi connectivity index (χ2n) is 6.77. The molecule has 4 N–H and O–H groups in total. The van der Waals surface area contributed by atoms with E-state index in [0.29, 0.717) is 26.3 Å². The van der Waals surface area contributed by atoms with Crippen LogP contribution in [0, 0.1) is 10.1 Å². The van der Waals surface area contributed by atoms with Crippen molar-refractivity contribution in [1.82, 2.24) is 0 Å². The smallest absolute Gasteiger partial charge is 1.00 e. The van der Waals surface area contributed by atoms with Gasteiger partial charge in [0, 0.05) is 31.5 Å². The van der Waals surface area contributed by atoms with Gasteiger partial charge in [-0.3, -0.25) is 19.2 Å². The van der Waals surface area contributed by atoms with Gasteiger partial charge < -0.3 is 7.16 Å². The second-order valence-corrected chi connectivity index (χ2v) is 11.3. The molecule has 0 aliphatic carbocycles. The molecule has 0 unspecified atom stereocenters. The molecule has 0 fully saturated rings. The molecule has 4 rings (SSSR count). The molecule has 15 heteroatoms. The summed E-state index contributed by atoms with van der Waals surface area (Å²) in [5.74, 6) is 0. The predicted octanol–water partition coefficient (Wildman–Crippen LogP) is 2.30. The van der Waals surface area contributed by atoms with Gasteiger partial charge in [0.05, 0.1) is 10.3 Å². The maximum absolute atomic E-state index is 11.3. The van der Waals surface area contributed by atoms with E-state index in [1.807, 2.05) is 0 Å². The first-order chi connectivity index (χ1) is 15.7. The minimum atomic E-state index is -4.53. The van der Waals surface area contributed by atoms with Gasteiger partial charge in [-0.2, -0.15) is 16.8 Å². The number of halogens is 2. The van der Waals surface area contributed by atoms with Crippen LogP contribution in [0.2, 0.25) is 0 Å². The fraction of sp³-hybridized carbons (Fsp3) is 0. The van der Waals surface area contributed by atoms with Gasteiger partial charge in [-0.05, 0) is 35.7 Å². The number of benzene rings is 4. The number of fused-ring (bicyclic) bond motifs is 2. The van der Waals surface area contributed by atoms with Crippen molar-refractivity contribution in [3.05, 3.63) is 79.7 Å². The third-order valence-corrected chi connectivity index (χ3v) is 7.84. The summed E-state index contributed by atoms with van der Waals surface area (Å²) in [6.45, 7) is 0. The van der Waals surface area contributed by atoms with Crippen LogP contribution in [-0.4, -0.2) is 30.9 Å². The Balaban J connectivity index is 0.000000343. The molecule has 10 nitrogen and oxygen atoms in total. The molecule has 35 heavy (non-hydrogen) atoms. The molecule has 0 radical (unpaired) electrons. The largest absolute Gasteiger partial charge is 1.00 e. The molecule has 0 aromatic heterocycles. The molecule has 4 aromatic rings. The molecule has 0 heterocycles. The average molecular weight is 658 g/mol. The quantitative estimate of drug-likeness (QED) is 0.0980. The Kier molecular flexibility index (Phi) is 9.47. The number of nitrogen functional groups attached to an aromatic ring is 1. The summed E-state index contributed by atoms with van der Waals surface area (Å²) in [7, 11) is -8.80. The number of nitrogens with zero attached hydrogens (tertiary/aromatic N) is 1. The number of hydrogen-bond donors (Lipinski definition) is 3. The summed E-state index contributed by atoms with van der Waals surface area (Å²) < 4.78 is 64.3. The van der Waals surface area contributed by atoms with Gasteiger partial charge in [0.15, 0.2) is 0 Å². The van der Waals surface area contributed by atoms with E-state index in [4.69, 9.17) is 14.8 Å². The standard InChI is InChI=1S/C10H6BrNO5S.C10H8BrNO3S.Na.H/c11-7-4-5-9(18(15,16)17)10-6(7)2-1-3-8(10)12(13)14;11-7-4-5-9(16(13,14)15)10-6(7)2-1-3-8(10)12;;/h1-5H,(H,15,16,17);1-5H,12H2,(H,13,14,15);;/q;;+1;-1. The summed E-state index contributed by atoms with van der Waals surface area (Å²) in [6, 6.07) is 14.6. The van der Waals surface area contributed by atoms with Gasteiger partial charge in [-0.15, -0.1) is 0 Å². The van der Waals surface area contributed by atoms with Crippen molar-refractivity contribution in [2.24, 2.45) is 0 Å². The molecule has 0 spiro atoms. The van der Waals surface area contributed by atoms with Crippen molar-refractivity contribution in [1.29, 1.82) is 0 Å². The molecule has 4 aromatic carbocycles. The van der Waals surface area contributed by atoms with Crippen molar-refractivity contribution in [3.63, 3.8) is 0 Å². The van der Waals surface area contributed by atoms with E-state index in [9.17, 15) is 26.9 Å². The van der Waals surface area contributed by atoms with Gasteiger partial charge in [0.1, 0.15) is 9.79 Å². The third kappa shape index (κ3) is 6.39. The number of hydrogen-bond acceptors (Lipinski definition) is 7. The molecule has 180 valence electrons. The van der Waals surface area contributed by atoms with Crippen LogP contribution in [0.25, 0.3) is 21.5 Å². The van der Waals surface area contributed by atoms with Crippen LogP contribution in [0.3, 0.4) is 0 Å². The Labute approximate surface area is 240 Å². The van der Waals surface area contributed by atoms with Crippen LogP contribution in [0.15, 0.2) is 79.4 Å². The van der Waals surface area contributed by atoms with E-state index in [1.54, 1.807) is 24.3 Å². The Morgan fingerprint density at radius 2 is 1.20 bits per heavy atom. The van der Waals surface area contributed by atoms with Gasteiger partial charge in [0.2, 0.25) is 0 Å². The van der Waals surface area contributed by atoms with E-state index in [0.717, 1.165) is 10.5 Å². The molecule has 0 saturated carbocycles. The van der Waals surface area contributed by atoms with Crippen LogP contribution in [0.1, 0.15) is 1.43 Å². The average Bonchev–Trinajstić information content (AvgIpc) is 2.73. The van der Waals surface area contributed by atoms with E-state index in [2.05, 4.69) is 31.9 Å². The molecule has 0 saturated heterocycles. The summed E-state index contributed by atoms with van der Waals surface area (Å²) >= 11 is 6.48. The first-order valence-electron chi connectivity index (χ1n) is 9.00. The monoisotopic (exact) mass is 656 g/mol. The predicted molar refractivity (Wildman–Crippen MR) is 135 cm³/mol. The number of nitrogens with two attached hydrogens (primary N) is 1. The topological polar surface area (TPSA) is 178 Å². The first kappa shape index (κ1) is 29.6. The van der Waals surface area contributed by atoms with Crippen LogP contribution >= 0.6 is 31.9 Å². The second kappa shape index (κ2) is 11.2. The molecule has 0 bridgehead atoms. The molecule has 0 atom stereocenters. The maximum atomic E-state index is 11.3. The Hall–Kier alpha value is -1.62. The van der Waals surface area contributed by atoms with Crippen LogP contribution in [0.5, 0.6) is 0 Å². The summed E-state index contributed by atoms with van der Waals surface area (Å²) in [5, 5.41) is 12.1. The summed E-state index contributed by atoms with van der Waals surface area (Å²) in [5.41, 5.74) is 5.66. The SMILES string of the molecule is Nc1cccc2c(Br)ccc(S(=O)(=O)O)c12.O=[N+]([O-])c1cccc2c(Br)ccc(S(=O)(=O)O)c12.[H-].[Na+]. The minimum absolute atomic E-state index is 0. The van der Waals surface area contributed by atoms with E-state index in [-0.39, 0.29) is 47.0 Å². The molecule has 0 aliphatic heterocycles.